The molecule has 1 aliphatic rings. The Morgan fingerprint density at radius 2 is 1.88 bits per heavy atom. The molecule has 0 N–H and O–H groups in total. The number of fused-ring (bicyclic) bond motifs is 1. The quantitative estimate of drug-likeness (QED) is 0.353. The van der Waals surface area contributed by atoms with E-state index in [2.05, 4.69) is 9.84 Å². The third kappa shape index (κ3) is 5.20. The van der Waals surface area contributed by atoms with Crippen LogP contribution in [0.15, 0.2) is 46.3 Å². The number of carbonyl (C=O) groups is 1. The molecular weight excluding hydrogens is 465 g/mol. The number of hydrogen-bond acceptors (Lipinski definition) is 6. The smallest absolute Gasteiger partial charge is 0.343 e. The fourth-order valence-corrected chi connectivity index (χ4v) is 4.60. The number of benzene rings is 2. The molecule has 33 heavy (non-hydrogen) atoms. The van der Waals surface area contributed by atoms with E-state index in [0.717, 1.165) is 25.7 Å². The van der Waals surface area contributed by atoms with E-state index in [1.807, 2.05) is 18.2 Å². The Balaban J connectivity index is 1.71. The van der Waals surface area contributed by atoms with Crippen LogP contribution < -0.4 is 10.3 Å². The molecule has 7 nitrogen and oxygen atoms in total. The minimum absolute atomic E-state index is 0.174. The molecule has 0 saturated heterocycles. The fraction of sp³-hybridized carbons (Fsp3) is 0.333. The van der Waals surface area contributed by atoms with Gasteiger partial charge in [-0.05, 0) is 42.7 Å². The summed E-state index contributed by atoms with van der Waals surface area (Å²) in [7, 11) is 1.26. The van der Waals surface area contributed by atoms with Gasteiger partial charge in [0.25, 0.3) is 5.56 Å². The van der Waals surface area contributed by atoms with Crippen LogP contribution in [0.25, 0.3) is 10.9 Å². The van der Waals surface area contributed by atoms with Gasteiger partial charge >= 0.3 is 5.97 Å². The molecule has 0 unspecified atom stereocenters. The number of aromatic nitrogens is 2. The average molecular weight is 488 g/mol. The molecule has 0 atom stereocenters. The van der Waals surface area contributed by atoms with Crippen LogP contribution in [-0.4, -0.2) is 35.6 Å². The molecule has 0 spiro atoms. The lowest BCUT2D eigenvalue weighted by Gasteiger charge is -2.22. The van der Waals surface area contributed by atoms with Crippen molar-refractivity contribution in [3.8, 4) is 5.75 Å². The second-order valence-corrected chi connectivity index (χ2v) is 8.68. The van der Waals surface area contributed by atoms with Crippen molar-refractivity contribution >= 4 is 46.3 Å². The largest absolute Gasteiger partial charge is 0.479 e. The highest BCUT2D eigenvalue weighted by atomic mass is 35.5. The van der Waals surface area contributed by atoms with Gasteiger partial charge in [-0.3, -0.25) is 4.79 Å². The van der Waals surface area contributed by atoms with Crippen LogP contribution in [0, 0.1) is 0 Å². The molecule has 0 aliphatic heterocycles. The van der Waals surface area contributed by atoms with E-state index >= 15 is 0 Å². The maximum atomic E-state index is 13.3. The van der Waals surface area contributed by atoms with Gasteiger partial charge in [-0.15, -0.1) is 0 Å². The predicted molar refractivity (Wildman–Crippen MR) is 129 cm³/mol. The van der Waals surface area contributed by atoms with Gasteiger partial charge in [0.15, 0.2) is 12.4 Å². The molecule has 172 valence electrons. The van der Waals surface area contributed by atoms with Crippen LogP contribution in [0.5, 0.6) is 5.75 Å². The van der Waals surface area contributed by atoms with Gasteiger partial charge in [0, 0.05) is 5.92 Å². The van der Waals surface area contributed by atoms with Gasteiger partial charge in [0.1, 0.15) is 5.82 Å². The van der Waals surface area contributed by atoms with Crippen molar-refractivity contribution < 1.29 is 14.3 Å². The van der Waals surface area contributed by atoms with Crippen LogP contribution in [0.2, 0.25) is 10.0 Å². The first-order valence-electron chi connectivity index (χ1n) is 10.7. The Labute approximate surface area is 200 Å². The Kier molecular flexibility index (Phi) is 7.30. The maximum absolute atomic E-state index is 13.3. The standard InChI is InChI=1S/C24H23Cl2N3O4/c1-32-21(30)14-33-22-18(25)11-15(12-19(22)26)13-27-29-23(16-7-3-2-4-8-16)28-20-10-6-5-9-17(20)24(29)31/h5-6,9-13,16H,2-4,7-8,14H2,1H3. The molecule has 1 heterocycles. The predicted octanol–water partition coefficient (Wildman–Crippen LogP) is 5.19. The van der Waals surface area contributed by atoms with E-state index in [1.165, 1.54) is 24.4 Å². The van der Waals surface area contributed by atoms with Gasteiger partial charge in [-0.25, -0.2) is 9.78 Å². The number of carbonyl (C=O) groups excluding carboxylic acids is 1. The van der Waals surface area contributed by atoms with Crippen molar-refractivity contribution in [3.05, 3.63) is 68.2 Å². The van der Waals surface area contributed by atoms with E-state index < -0.39 is 5.97 Å². The highest BCUT2D eigenvalue weighted by Gasteiger charge is 2.22. The molecule has 1 aromatic heterocycles. The number of para-hydroxylation sites is 1. The molecule has 0 amide bonds. The topological polar surface area (TPSA) is 82.8 Å². The van der Waals surface area contributed by atoms with E-state index in [1.54, 1.807) is 18.2 Å². The number of methoxy groups -OCH3 is 1. The highest BCUT2D eigenvalue weighted by Crippen LogP contribution is 2.34. The van der Waals surface area contributed by atoms with Gasteiger partial charge < -0.3 is 9.47 Å². The molecular formula is C24H23Cl2N3O4. The zero-order valence-corrected chi connectivity index (χ0v) is 19.6. The lowest BCUT2D eigenvalue weighted by molar-refractivity contribution is -0.142. The van der Waals surface area contributed by atoms with Crippen molar-refractivity contribution in [1.82, 2.24) is 9.66 Å². The van der Waals surface area contributed by atoms with E-state index in [0.29, 0.717) is 22.3 Å². The number of ether oxygens (including phenoxy) is 2. The summed E-state index contributed by atoms with van der Waals surface area (Å²) in [6.07, 6.45) is 6.88. The van der Waals surface area contributed by atoms with Crippen molar-refractivity contribution in [3.63, 3.8) is 0 Å². The first-order valence-corrected chi connectivity index (χ1v) is 11.5. The highest BCUT2D eigenvalue weighted by molar-refractivity contribution is 6.37. The summed E-state index contributed by atoms with van der Waals surface area (Å²) in [4.78, 5) is 29.4. The normalized spacial score (nSPS) is 14.6. The van der Waals surface area contributed by atoms with Gasteiger partial charge in [0.2, 0.25) is 0 Å². The number of hydrogen-bond donors (Lipinski definition) is 0. The van der Waals surface area contributed by atoms with Crippen molar-refractivity contribution in [2.45, 2.75) is 38.0 Å². The minimum atomic E-state index is -0.550. The van der Waals surface area contributed by atoms with Crippen LogP contribution in [0.3, 0.4) is 0 Å². The Morgan fingerprint density at radius 1 is 1.18 bits per heavy atom. The van der Waals surface area contributed by atoms with Crippen molar-refractivity contribution in [2.24, 2.45) is 5.10 Å². The molecule has 4 rings (SSSR count). The minimum Gasteiger partial charge on any atom is -0.479 e. The zero-order valence-electron chi connectivity index (χ0n) is 18.1. The van der Waals surface area contributed by atoms with Gasteiger partial charge in [0.05, 0.1) is 34.3 Å². The molecule has 0 radical (unpaired) electrons. The summed E-state index contributed by atoms with van der Waals surface area (Å²) in [5.74, 6) is 0.471. The number of rotatable bonds is 6. The molecule has 0 bridgehead atoms. The number of esters is 1. The van der Waals surface area contributed by atoms with Crippen molar-refractivity contribution in [2.75, 3.05) is 13.7 Å². The third-order valence-electron chi connectivity index (χ3n) is 5.65. The first kappa shape index (κ1) is 23.3. The maximum Gasteiger partial charge on any atom is 0.343 e. The molecule has 3 aromatic rings. The van der Waals surface area contributed by atoms with Gasteiger partial charge in [-0.2, -0.15) is 9.78 Å². The third-order valence-corrected chi connectivity index (χ3v) is 6.22. The number of halogens is 2. The molecule has 1 aliphatic carbocycles. The van der Waals surface area contributed by atoms with Gasteiger partial charge in [-0.1, -0.05) is 54.6 Å². The fourth-order valence-electron chi connectivity index (χ4n) is 3.98. The summed E-state index contributed by atoms with van der Waals surface area (Å²) in [5.41, 5.74) is 1.03. The molecule has 1 fully saturated rings. The summed E-state index contributed by atoms with van der Waals surface area (Å²) in [5, 5.41) is 5.42. The second-order valence-electron chi connectivity index (χ2n) is 7.86. The average Bonchev–Trinajstić information content (AvgIpc) is 2.83. The van der Waals surface area contributed by atoms with Crippen molar-refractivity contribution in [1.29, 1.82) is 0 Å². The Morgan fingerprint density at radius 3 is 2.58 bits per heavy atom. The summed E-state index contributed by atoms with van der Waals surface area (Å²) >= 11 is 12.6. The van der Waals surface area contributed by atoms with Crippen LogP contribution in [-0.2, 0) is 9.53 Å². The molecule has 9 heteroatoms. The van der Waals surface area contributed by atoms with E-state index in [4.69, 9.17) is 32.9 Å². The van der Waals surface area contributed by atoms with E-state index in [-0.39, 0.29) is 33.9 Å². The molecule has 1 saturated carbocycles. The SMILES string of the molecule is COC(=O)COc1c(Cl)cc(C=Nn2c(C3CCCCC3)nc3ccccc3c2=O)cc1Cl. The Hall–Kier alpha value is -2.90. The van der Waals surface area contributed by atoms with Crippen LogP contribution >= 0.6 is 23.2 Å². The summed E-state index contributed by atoms with van der Waals surface area (Å²) < 4.78 is 11.3. The monoisotopic (exact) mass is 487 g/mol. The second kappa shape index (κ2) is 10.4. The summed E-state index contributed by atoms with van der Waals surface area (Å²) in [6, 6.07) is 10.5. The molecule has 2 aromatic carbocycles. The summed E-state index contributed by atoms with van der Waals surface area (Å²) in [6.45, 7) is -0.313. The van der Waals surface area contributed by atoms with E-state index in [9.17, 15) is 9.59 Å². The zero-order chi connectivity index (χ0) is 23.4. The first-order chi connectivity index (χ1) is 16.0. The van der Waals surface area contributed by atoms with Crippen LogP contribution in [0.1, 0.15) is 49.4 Å². The number of nitrogens with zero attached hydrogens (tertiary/aromatic N) is 3. The lowest BCUT2D eigenvalue weighted by atomic mass is 9.88. The van der Waals surface area contributed by atoms with Crippen LogP contribution in [0.4, 0.5) is 0 Å². The lowest BCUT2D eigenvalue weighted by Crippen LogP contribution is -2.25. The Bertz CT molecular complexity index is 1240.